The maximum atomic E-state index is 12.2. The number of hydrogen-bond donors (Lipinski definition) is 3. The van der Waals surface area contributed by atoms with Gasteiger partial charge in [0.05, 0.1) is 11.9 Å². The van der Waals surface area contributed by atoms with Crippen LogP contribution >= 0.6 is 11.5 Å². The van der Waals surface area contributed by atoms with E-state index in [0.717, 1.165) is 11.5 Å². The largest absolute Gasteiger partial charge is 0.394 e. The Morgan fingerprint density at radius 3 is 2.78 bits per heavy atom. The van der Waals surface area contributed by atoms with Gasteiger partial charge in [-0.15, -0.1) is 0 Å². The number of rotatable bonds is 6. The summed E-state index contributed by atoms with van der Waals surface area (Å²) < 4.78 is 28.4. The quantitative estimate of drug-likeness (QED) is 0.717. The molecule has 1 aromatic heterocycles. The Bertz CT molecular complexity index is 518. The van der Waals surface area contributed by atoms with Gasteiger partial charge in [0.2, 0.25) is 0 Å². The third-order valence-corrected chi connectivity index (χ3v) is 6.22. The van der Waals surface area contributed by atoms with E-state index in [1.54, 1.807) is 0 Å². The minimum atomic E-state index is -3.37. The second-order valence-corrected chi connectivity index (χ2v) is 7.34. The first-order chi connectivity index (χ1) is 8.50. The highest BCUT2D eigenvalue weighted by atomic mass is 32.2. The molecule has 18 heavy (non-hydrogen) atoms. The Balaban J connectivity index is 2.32. The van der Waals surface area contributed by atoms with Gasteiger partial charge in [-0.1, -0.05) is 6.92 Å². The lowest BCUT2D eigenvalue weighted by Crippen LogP contribution is -2.23. The summed E-state index contributed by atoms with van der Waals surface area (Å²) in [6.45, 7) is 1.85. The zero-order chi connectivity index (χ0) is 13.3. The van der Waals surface area contributed by atoms with Crippen LogP contribution in [-0.4, -0.2) is 35.8 Å². The Hall–Kier alpha value is -0.860. The number of anilines is 2. The molecule has 1 unspecified atom stereocenters. The van der Waals surface area contributed by atoms with Gasteiger partial charge in [0, 0.05) is 6.04 Å². The van der Waals surface area contributed by atoms with Gasteiger partial charge < -0.3 is 16.2 Å². The van der Waals surface area contributed by atoms with Gasteiger partial charge in [-0.2, -0.15) is 4.37 Å². The van der Waals surface area contributed by atoms with Crippen LogP contribution in [0, 0.1) is 0 Å². The van der Waals surface area contributed by atoms with Crippen LogP contribution in [0.1, 0.15) is 26.2 Å². The molecule has 0 bridgehead atoms. The predicted octanol–water partition coefficient (Wildman–Crippen LogP) is 0.844. The minimum Gasteiger partial charge on any atom is -0.394 e. The molecule has 1 heterocycles. The molecule has 0 amide bonds. The first-order valence-electron chi connectivity index (χ1n) is 5.87. The number of nitrogens with two attached hydrogens (primary N) is 1. The Morgan fingerprint density at radius 2 is 2.28 bits per heavy atom. The van der Waals surface area contributed by atoms with Gasteiger partial charge >= 0.3 is 0 Å². The van der Waals surface area contributed by atoms with Crippen molar-refractivity contribution < 1.29 is 13.5 Å². The third kappa shape index (κ3) is 2.45. The second kappa shape index (κ2) is 5.02. The summed E-state index contributed by atoms with van der Waals surface area (Å²) in [5, 5.41) is 12.3. The van der Waals surface area contributed by atoms with Crippen molar-refractivity contribution in [1.29, 1.82) is 0 Å². The van der Waals surface area contributed by atoms with Crippen molar-refractivity contribution in [2.75, 3.05) is 17.7 Å². The SMILES string of the molecule is CCC(CO)Nc1snc(N)c1S(=O)(=O)C1CC1. The van der Waals surface area contributed by atoms with Crippen LogP contribution in [0.5, 0.6) is 0 Å². The molecule has 0 saturated heterocycles. The van der Waals surface area contributed by atoms with E-state index in [4.69, 9.17) is 10.8 Å². The average molecular weight is 291 g/mol. The molecule has 1 saturated carbocycles. The lowest BCUT2D eigenvalue weighted by molar-refractivity contribution is 0.272. The van der Waals surface area contributed by atoms with Crippen LogP contribution in [0.25, 0.3) is 0 Å². The maximum absolute atomic E-state index is 12.2. The van der Waals surface area contributed by atoms with Crippen LogP contribution in [0.3, 0.4) is 0 Å². The summed E-state index contributed by atoms with van der Waals surface area (Å²) in [5.41, 5.74) is 5.67. The molecule has 2 rings (SSSR count). The molecular weight excluding hydrogens is 274 g/mol. The lowest BCUT2D eigenvalue weighted by Gasteiger charge is -2.15. The van der Waals surface area contributed by atoms with E-state index in [9.17, 15) is 8.42 Å². The van der Waals surface area contributed by atoms with Gasteiger partial charge in [-0.25, -0.2) is 8.42 Å². The van der Waals surface area contributed by atoms with Gasteiger partial charge in [0.1, 0.15) is 9.90 Å². The number of aromatic nitrogens is 1. The highest BCUT2D eigenvalue weighted by Crippen LogP contribution is 2.41. The van der Waals surface area contributed by atoms with Crippen molar-refractivity contribution in [3.8, 4) is 0 Å². The van der Waals surface area contributed by atoms with Crippen LogP contribution in [0.15, 0.2) is 4.90 Å². The van der Waals surface area contributed by atoms with Crippen LogP contribution in [0.4, 0.5) is 10.8 Å². The topological polar surface area (TPSA) is 105 Å². The number of nitrogens with one attached hydrogen (secondary N) is 1. The number of aliphatic hydroxyl groups excluding tert-OH is 1. The van der Waals surface area contributed by atoms with Gasteiger partial charge in [-0.3, -0.25) is 0 Å². The maximum Gasteiger partial charge on any atom is 0.187 e. The Labute approximate surface area is 110 Å². The molecule has 0 aliphatic heterocycles. The summed E-state index contributed by atoms with van der Waals surface area (Å²) in [6, 6.07) is -0.182. The minimum absolute atomic E-state index is 0.0576. The van der Waals surface area contributed by atoms with E-state index in [2.05, 4.69) is 9.69 Å². The van der Waals surface area contributed by atoms with Crippen LogP contribution in [-0.2, 0) is 9.84 Å². The van der Waals surface area contributed by atoms with E-state index in [-0.39, 0.29) is 28.6 Å². The zero-order valence-corrected chi connectivity index (χ0v) is 11.7. The van der Waals surface area contributed by atoms with Crippen molar-refractivity contribution in [2.24, 2.45) is 0 Å². The van der Waals surface area contributed by atoms with E-state index in [1.807, 2.05) is 6.92 Å². The number of nitrogens with zero attached hydrogens (tertiary/aromatic N) is 1. The van der Waals surface area contributed by atoms with E-state index in [0.29, 0.717) is 24.3 Å². The number of sulfone groups is 1. The standard InChI is InChI=1S/C10H17N3O3S2/c1-2-6(5-14)12-10-8(9(11)13-17-10)18(15,16)7-3-4-7/h6-7,12,14H,2-5H2,1H3,(H2,11,13). The second-order valence-electron chi connectivity index (χ2n) is 4.40. The lowest BCUT2D eigenvalue weighted by atomic mass is 10.2. The fourth-order valence-corrected chi connectivity index (χ4v) is 4.62. The fourth-order valence-electron chi connectivity index (χ4n) is 1.67. The van der Waals surface area contributed by atoms with Crippen LogP contribution in [0.2, 0.25) is 0 Å². The molecule has 0 aromatic carbocycles. The molecule has 102 valence electrons. The fraction of sp³-hybridized carbons (Fsp3) is 0.700. The zero-order valence-electron chi connectivity index (χ0n) is 10.1. The van der Waals surface area contributed by atoms with E-state index in [1.165, 1.54) is 0 Å². The summed E-state index contributed by atoms with van der Waals surface area (Å²) >= 11 is 1.03. The molecule has 0 radical (unpaired) electrons. The van der Waals surface area contributed by atoms with E-state index >= 15 is 0 Å². The monoisotopic (exact) mass is 291 g/mol. The molecule has 1 fully saturated rings. The summed E-state index contributed by atoms with van der Waals surface area (Å²) in [4.78, 5) is 0.113. The first-order valence-corrected chi connectivity index (χ1v) is 8.19. The summed E-state index contributed by atoms with van der Waals surface area (Å²) in [6.07, 6.45) is 2.07. The average Bonchev–Trinajstić information content (AvgIpc) is 3.12. The van der Waals surface area contributed by atoms with Crippen LogP contribution < -0.4 is 11.1 Å². The van der Waals surface area contributed by atoms with Crippen molar-refractivity contribution in [3.05, 3.63) is 0 Å². The number of nitrogen functional groups attached to an aromatic ring is 1. The molecule has 4 N–H and O–H groups in total. The number of aliphatic hydroxyl groups is 1. The van der Waals surface area contributed by atoms with Gasteiger partial charge in [0.15, 0.2) is 15.7 Å². The molecule has 8 heteroatoms. The summed E-state index contributed by atoms with van der Waals surface area (Å²) in [5.74, 6) is 0.0576. The molecule has 1 atom stereocenters. The Kier molecular flexibility index (Phi) is 3.79. The van der Waals surface area contributed by atoms with Gasteiger partial charge in [0.25, 0.3) is 0 Å². The first kappa shape index (κ1) is 13.6. The Morgan fingerprint density at radius 1 is 1.61 bits per heavy atom. The molecule has 1 aliphatic carbocycles. The highest BCUT2D eigenvalue weighted by molar-refractivity contribution is 7.92. The normalized spacial score (nSPS) is 17.7. The van der Waals surface area contributed by atoms with Crippen molar-refractivity contribution >= 4 is 32.2 Å². The molecule has 1 aromatic rings. The molecular formula is C10H17N3O3S2. The highest BCUT2D eigenvalue weighted by Gasteiger charge is 2.40. The molecule has 6 nitrogen and oxygen atoms in total. The number of hydrogen-bond acceptors (Lipinski definition) is 7. The summed E-state index contributed by atoms with van der Waals surface area (Å²) in [7, 11) is -3.37. The molecule has 0 spiro atoms. The predicted molar refractivity (Wildman–Crippen MR) is 71.5 cm³/mol. The van der Waals surface area contributed by atoms with E-state index < -0.39 is 9.84 Å². The smallest absolute Gasteiger partial charge is 0.187 e. The van der Waals surface area contributed by atoms with Crippen molar-refractivity contribution in [1.82, 2.24) is 4.37 Å². The van der Waals surface area contributed by atoms with Gasteiger partial charge in [-0.05, 0) is 30.8 Å². The third-order valence-electron chi connectivity index (χ3n) is 2.97. The molecule has 1 aliphatic rings. The van der Waals surface area contributed by atoms with Crippen molar-refractivity contribution in [3.63, 3.8) is 0 Å². The van der Waals surface area contributed by atoms with Crippen molar-refractivity contribution in [2.45, 2.75) is 42.4 Å².